The third-order valence-electron chi connectivity index (χ3n) is 3.81. The molecule has 0 aliphatic heterocycles. The van der Waals surface area contributed by atoms with Crippen LogP contribution in [0.3, 0.4) is 0 Å². The van der Waals surface area contributed by atoms with Gasteiger partial charge in [-0.05, 0) is 43.7 Å². The van der Waals surface area contributed by atoms with Crippen LogP contribution in [0.15, 0.2) is 42.5 Å². The number of nitriles is 1. The van der Waals surface area contributed by atoms with Gasteiger partial charge >= 0.3 is 0 Å². The van der Waals surface area contributed by atoms with Crippen molar-refractivity contribution >= 4 is 11.8 Å². The summed E-state index contributed by atoms with van der Waals surface area (Å²) in [4.78, 5) is 25.9. The van der Waals surface area contributed by atoms with Crippen LogP contribution in [-0.4, -0.2) is 30.3 Å². The van der Waals surface area contributed by atoms with E-state index in [2.05, 4.69) is 11.4 Å². The molecular formula is C20H21N3O2. The lowest BCUT2D eigenvalue weighted by atomic mass is 10.1. The fraction of sp³-hybridized carbons (Fsp3) is 0.250. The molecule has 0 saturated heterocycles. The van der Waals surface area contributed by atoms with Crippen LogP contribution in [0.4, 0.5) is 0 Å². The van der Waals surface area contributed by atoms with Gasteiger partial charge in [0.1, 0.15) is 0 Å². The van der Waals surface area contributed by atoms with E-state index in [0.29, 0.717) is 17.7 Å². The lowest BCUT2D eigenvalue weighted by Gasteiger charge is -2.17. The minimum atomic E-state index is -0.257. The Labute approximate surface area is 147 Å². The summed E-state index contributed by atoms with van der Waals surface area (Å²) in [5.74, 6) is -0.436. The number of amides is 2. The molecule has 0 radical (unpaired) electrons. The Bertz CT molecular complexity index is 800. The first-order valence-electron chi connectivity index (χ1n) is 7.98. The number of hydrogen-bond donors (Lipinski definition) is 1. The standard InChI is InChI=1S/C20H21N3O2/c1-14-8-15(2)10-18(9-14)20(25)22-12-19(24)23(3)13-17-6-4-16(11-21)5-7-17/h4-10H,12-13H2,1-3H3,(H,22,25). The van der Waals surface area contributed by atoms with Crippen molar-refractivity contribution in [3.8, 4) is 6.07 Å². The van der Waals surface area contributed by atoms with Crippen molar-refractivity contribution < 1.29 is 9.59 Å². The van der Waals surface area contributed by atoms with E-state index in [-0.39, 0.29) is 18.4 Å². The summed E-state index contributed by atoms with van der Waals surface area (Å²) < 4.78 is 0. The highest BCUT2D eigenvalue weighted by molar-refractivity contribution is 5.96. The molecule has 2 aromatic rings. The second kappa shape index (κ2) is 8.11. The van der Waals surface area contributed by atoms with Crippen molar-refractivity contribution in [2.75, 3.05) is 13.6 Å². The fourth-order valence-corrected chi connectivity index (χ4v) is 2.55. The van der Waals surface area contributed by atoms with Crippen LogP contribution in [0.1, 0.15) is 32.6 Å². The average Bonchev–Trinajstić information content (AvgIpc) is 2.59. The third kappa shape index (κ3) is 5.18. The molecule has 0 atom stereocenters. The Morgan fingerprint density at radius 3 is 2.24 bits per heavy atom. The Hall–Kier alpha value is -3.13. The van der Waals surface area contributed by atoms with E-state index in [1.165, 1.54) is 0 Å². The lowest BCUT2D eigenvalue weighted by molar-refractivity contribution is -0.129. The van der Waals surface area contributed by atoms with Crippen molar-refractivity contribution in [3.63, 3.8) is 0 Å². The quantitative estimate of drug-likeness (QED) is 0.912. The molecule has 0 heterocycles. The van der Waals surface area contributed by atoms with E-state index in [1.54, 1.807) is 36.2 Å². The molecular weight excluding hydrogens is 314 g/mol. The van der Waals surface area contributed by atoms with Crippen molar-refractivity contribution in [1.82, 2.24) is 10.2 Å². The molecule has 0 aromatic heterocycles. The zero-order chi connectivity index (χ0) is 18.4. The molecule has 0 fully saturated rings. The van der Waals surface area contributed by atoms with Gasteiger partial charge in [0, 0.05) is 19.2 Å². The number of benzene rings is 2. The SMILES string of the molecule is Cc1cc(C)cc(C(=O)NCC(=O)N(C)Cc2ccc(C#N)cc2)c1. The van der Waals surface area contributed by atoms with Gasteiger partial charge in [0.2, 0.25) is 5.91 Å². The second-order valence-corrected chi connectivity index (χ2v) is 6.12. The molecule has 1 N–H and O–H groups in total. The van der Waals surface area contributed by atoms with Gasteiger partial charge < -0.3 is 10.2 Å². The Balaban J connectivity index is 1.90. The van der Waals surface area contributed by atoms with Crippen LogP contribution < -0.4 is 5.32 Å². The van der Waals surface area contributed by atoms with Crippen LogP contribution >= 0.6 is 0 Å². The maximum absolute atomic E-state index is 12.2. The van der Waals surface area contributed by atoms with Crippen LogP contribution in [0.2, 0.25) is 0 Å². The highest BCUT2D eigenvalue weighted by Gasteiger charge is 2.12. The van der Waals surface area contributed by atoms with Crippen LogP contribution in [0.25, 0.3) is 0 Å². The zero-order valence-electron chi connectivity index (χ0n) is 14.7. The number of hydrogen-bond acceptors (Lipinski definition) is 3. The first kappa shape index (κ1) is 18.2. The molecule has 2 rings (SSSR count). The van der Waals surface area contributed by atoms with Crippen molar-refractivity contribution in [3.05, 3.63) is 70.3 Å². The average molecular weight is 335 g/mol. The summed E-state index contributed by atoms with van der Waals surface area (Å²) in [6, 6.07) is 14.7. The first-order chi connectivity index (χ1) is 11.9. The Kier molecular flexibility index (Phi) is 5.91. The number of likely N-dealkylation sites (N-methyl/N-ethyl adjacent to an activating group) is 1. The van der Waals surface area contributed by atoms with E-state index >= 15 is 0 Å². The monoisotopic (exact) mass is 335 g/mol. The van der Waals surface area contributed by atoms with E-state index in [1.807, 2.05) is 32.0 Å². The molecule has 0 aliphatic rings. The molecule has 0 saturated carbocycles. The summed E-state index contributed by atoms with van der Waals surface area (Å²) in [6.07, 6.45) is 0. The van der Waals surface area contributed by atoms with Crippen LogP contribution in [0, 0.1) is 25.2 Å². The molecule has 0 aliphatic carbocycles. The van der Waals surface area contributed by atoms with Gasteiger partial charge in [-0.15, -0.1) is 0 Å². The topological polar surface area (TPSA) is 73.2 Å². The van der Waals surface area contributed by atoms with Gasteiger partial charge in [0.25, 0.3) is 5.91 Å². The van der Waals surface area contributed by atoms with Gasteiger partial charge in [-0.1, -0.05) is 29.3 Å². The number of carbonyl (C=O) groups excluding carboxylic acids is 2. The third-order valence-corrected chi connectivity index (χ3v) is 3.81. The van der Waals surface area contributed by atoms with E-state index in [9.17, 15) is 9.59 Å². The molecule has 0 unspecified atom stereocenters. The summed E-state index contributed by atoms with van der Waals surface area (Å²) >= 11 is 0. The van der Waals surface area contributed by atoms with Gasteiger partial charge in [0.05, 0.1) is 18.2 Å². The molecule has 0 spiro atoms. The normalized spacial score (nSPS) is 10.0. The number of carbonyl (C=O) groups is 2. The Morgan fingerprint density at radius 2 is 1.68 bits per heavy atom. The van der Waals surface area contributed by atoms with Crippen molar-refractivity contribution in [1.29, 1.82) is 5.26 Å². The summed E-state index contributed by atoms with van der Waals surface area (Å²) in [5.41, 5.74) is 4.08. The molecule has 0 bridgehead atoms. The van der Waals surface area contributed by atoms with Crippen LogP contribution in [0.5, 0.6) is 0 Å². The highest BCUT2D eigenvalue weighted by atomic mass is 16.2. The largest absolute Gasteiger partial charge is 0.343 e. The highest BCUT2D eigenvalue weighted by Crippen LogP contribution is 2.09. The van der Waals surface area contributed by atoms with Gasteiger partial charge in [0.15, 0.2) is 0 Å². The number of aryl methyl sites for hydroxylation is 2. The molecule has 5 heteroatoms. The van der Waals surface area contributed by atoms with E-state index < -0.39 is 0 Å². The van der Waals surface area contributed by atoms with E-state index in [0.717, 1.165) is 16.7 Å². The van der Waals surface area contributed by atoms with Gasteiger partial charge in [-0.3, -0.25) is 9.59 Å². The van der Waals surface area contributed by atoms with Gasteiger partial charge in [-0.25, -0.2) is 0 Å². The summed E-state index contributed by atoms with van der Waals surface area (Å²) in [5, 5.41) is 11.5. The minimum Gasteiger partial charge on any atom is -0.343 e. The maximum atomic E-state index is 12.2. The van der Waals surface area contributed by atoms with Crippen molar-refractivity contribution in [2.45, 2.75) is 20.4 Å². The molecule has 2 amide bonds. The predicted molar refractivity (Wildman–Crippen MR) is 95.9 cm³/mol. The molecule has 128 valence electrons. The molecule has 2 aromatic carbocycles. The zero-order valence-corrected chi connectivity index (χ0v) is 14.7. The Morgan fingerprint density at radius 1 is 1.08 bits per heavy atom. The smallest absolute Gasteiger partial charge is 0.251 e. The first-order valence-corrected chi connectivity index (χ1v) is 7.98. The molecule has 25 heavy (non-hydrogen) atoms. The maximum Gasteiger partial charge on any atom is 0.251 e. The second-order valence-electron chi connectivity index (χ2n) is 6.12. The van der Waals surface area contributed by atoms with E-state index in [4.69, 9.17) is 5.26 Å². The van der Waals surface area contributed by atoms with Crippen molar-refractivity contribution in [2.24, 2.45) is 0 Å². The molecule has 5 nitrogen and oxygen atoms in total. The fourth-order valence-electron chi connectivity index (χ4n) is 2.55. The predicted octanol–water partition coefficient (Wildman–Crippen LogP) is 2.56. The summed E-state index contributed by atoms with van der Waals surface area (Å²) in [6.45, 7) is 4.23. The number of nitrogens with zero attached hydrogens (tertiary/aromatic N) is 2. The van der Waals surface area contributed by atoms with Gasteiger partial charge in [-0.2, -0.15) is 5.26 Å². The summed E-state index contributed by atoms with van der Waals surface area (Å²) in [7, 11) is 1.68. The lowest BCUT2D eigenvalue weighted by Crippen LogP contribution is -2.37. The van der Waals surface area contributed by atoms with Crippen LogP contribution in [-0.2, 0) is 11.3 Å². The number of rotatable bonds is 5. The number of nitrogens with one attached hydrogen (secondary N) is 1. The minimum absolute atomic E-state index is 0.0569.